The number of rotatable bonds is 8. The van der Waals surface area contributed by atoms with Gasteiger partial charge in [0.1, 0.15) is 0 Å². The Morgan fingerprint density at radius 1 is 1.38 bits per heavy atom. The molecule has 0 aliphatic rings. The van der Waals surface area contributed by atoms with Gasteiger partial charge in [-0.25, -0.2) is 0 Å². The van der Waals surface area contributed by atoms with Crippen molar-refractivity contribution in [3.05, 3.63) is 0 Å². The molecule has 0 aromatic heterocycles. The first kappa shape index (κ1) is 13.3. The summed E-state index contributed by atoms with van der Waals surface area (Å²) in [6.45, 7) is 0.827. The van der Waals surface area contributed by atoms with Crippen molar-refractivity contribution in [2.45, 2.75) is 25.7 Å². The SMILES string of the molecule is CSCCCNC(=O)CCCCBr. The first-order chi connectivity index (χ1) is 6.31. The molecule has 1 N–H and O–H groups in total. The highest BCUT2D eigenvalue weighted by Gasteiger charge is 1.98. The lowest BCUT2D eigenvalue weighted by molar-refractivity contribution is -0.121. The van der Waals surface area contributed by atoms with E-state index in [1.54, 1.807) is 0 Å². The number of alkyl halides is 1. The van der Waals surface area contributed by atoms with Gasteiger partial charge in [-0.15, -0.1) is 0 Å². The summed E-state index contributed by atoms with van der Waals surface area (Å²) in [5, 5.41) is 3.90. The van der Waals surface area contributed by atoms with Gasteiger partial charge in [-0.05, 0) is 31.3 Å². The van der Waals surface area contributed by atoms with Crippen molar-refractivity contribution >= 4 is 33.6 Å². The van der Waals surface area contributed by atoms with Crippen LogP contribution in [0.2, 0.25) is 0 Å². The van der Waals surface area contributed by atoms with Gasteiger partial charge in [0.15, 0.2) is 0 Å². The number of thioether (sulfide) groups is 1. The molecule has 1 amide bonds. The third kappa shape index (κ3) is 10.2. The maximum atomic E-state index is 11.1. The Balaban J connectivity index is 3.11. The fourth-order valence-electron chi connectivity index (χ4n) is 0.913. The molecule has 0 aromatic carbocycles. The molecule has 0 unspecified atom stereocenters. The predicted molar refractivity (Wildman–Crippen MR) is 63.7 cm³/mol. The van der Waals surface area contributed by atoms with E-state index in [9.17, 15) is 4.79 Å². The highest BCUT2D eigenvalue weighted by molar-refractivity contribution is 9.09. The molecule has 78 valence electrons. The van der Waals surface area contributed by atoms with Gasteiger partial charge in [0, 0.05) is 18.3 Å². The lowest BCUT2D eigenvalue weighted by Crippen LogP contribution is -2.24. The second kappa shape index (κ2) is 10.4. The molecule has 0 radical (unpaired) electrons. The molecular weight excluding hydrogens is 250 g/mol. The summed E-state index contributed by atoms with van der Waals surface area (Å²) in [4.78, 5) is 11.1. The minimum absolute atomic E-state index is 0.196. The van der Waals surface area contributed by atoms with E-state index in [-0.39, 0.29) is 5.91 Å². The van der Waals surface area contributed by atoms with E-state index < -0.39 is 0 Å². The summed E-state index contributed by atoms with van der Waals surface area (Å²) in [5.41, 5.74) is 0. The quantitative estimate of drug-likeness (QED) is 0.541. The van der Waals surface area contributed by atoms with Crippen molar-refractivity contribution in [2.24, 2.45) is 0 Å². The summed E-state index contributed by atoms with van der Waals surface area (Å²) in [5.74, 6) is 1.32. The van der Waals surface area contributed by atoms with Crippen molar-refractivity contribution < 1.29 is 4.79 Å². The van der Waals surface area contributed by atoms with Gasteiger partial charge in [-0.2, -0.15) is 11.8 Å². The lowest BCUT2D eigenvalue weighted by atomic mass is 10.2. The van der Waals surface area contributed by atoms with Gasteiger partial charge in [0.05, 0.1) is 0 Å². The molecule has 0 fully saturated rings. The van der Waals surface area contributed by atoms with E-state index in [0.29, 0.717) is 6.42 Å². The highest BCUT2D eigenvalue weighted by Crippen LogP contribution is 1.98. The Hall–Kier alpha value is 0.300. The average molecular weight is 268 g/mol. The van der Waals surface area contributed by atoms with Gasteiger partial charge in [0.25, 0.3) is 0 Å². The maximum absolute atomic E-state index is 11.1. The number of unbranched alkanes of at least 4 members (excludes halogenated alkanes) is 1. The second-order valence-electron chi connectivity index (χ2n) is 2.84. The van der Waals surface area contributed by atoms with Crippen molar-refractivity contribution in [1.29, 1.82) is 0 Å². The smallest absolute Gasteiger partial charge is 0.219 e. The van der Waals surface area contributed by atoms with Gasteiger partial charge in [0.2, 0.25) is 5.91 Å². The van der Waals surface area contributed by atoms with Crippen LogP contribution < -0.4 is 5.32 Å². The molecule has 0 saturated heterocycles. The number of carbonyl (C=O) groups excluding carboxylic acids is 1. The van der Waals surface area contributed by atoms with Crippen LogP contribution in [0.1, 0.15) is 25.7 Å². The van der Waals surface area contributed by atoms with E-state index in [1.165, 1.54) is 0 Å². The van der Waals surface area contributed by atoms with Crippen LogP contribution in [0, 0.1) is 0 Å². The third-order valence-corrected chi connectivity index (χ3v) is 2.89. The number of hydrogen-bond acceptors (Lipinski definition) is 2. The first-order valence-corrected chi connectivity index (χ1v) is 7.14. The molecule has 0 rings (SSSR count). The van der Waals surface area contributed by atoms with E-state index in [2.05, 4.69) is 27.5 Å². The number of carbonyl (C=O) groups is 1. The topological polar surface area (TPSA) is 29.1 Å². The monoisotopic (exact) mass is 267 g/mol. The second-order valence-corrected chi connectivity index (χ2v) is 4.62. The highest BCUT2D eigenvalue weighted by atomic mass is 79.9. The zero-order valence-electron chi connectivity index (χ0n) is 8.14. The van der Waals surface area contributed by atoms with Gasteiger partial charge >= 0.3 is 0 Å². The standard InChI is InChI=1S/C9H18BrNOS/c1-13-8-4-7-11-9(12)5-2-3-6-10/h2-8H2,1H3,(H,11,12). The van der Waals surface area contributed by atoms with E-state index >= 15 is 0 Å². The fourth-order valence-corrected chi connectivity index (χ4v) is 1.74. The molecule has 0 spiro atoms. The number of nitrogens with one attached hydrogen (secondary N) is 1. The van der Waals surface area contributed by atoms with Crippen molar-refractivity contribution in [3.8, 4) is 0 Å². The van der Waals surface area contributed by atoms with Crippen molar-refractivity contribution in [3.63, 3.8) is 0 Å². The minimum Gasteiger partial charge on any atom is -0.356 e. The summed E-state index contributed by atoms with van der Waals surface area (Å²) < 4.78 is 0. The number of amides is 1. The fraction of sp³-hybridized carbons (Fsp3) is 0.889. The van der Waals surface area contributed by atoms with Crippen LogP contribution in [-0.2, 0) is 4.79 Å². The average Bonchev–Trinajstić information content (AvgIpc) is 2.13. The summed E-state index contributed by atoms with van der Waals surface area (Å²) in [6.07, 6.45) is 5.89. The van der Waals surface area contributed by atoms with Crippen LogP contribution in [0.5, 0.6) is 0 Å². The maximum Gasteiger partial charge on any atom is 0.219 e. The Morgan fingerprint density at radius 3 is 2.77 bits per heavy atom. The minimum atomic E-state index is 0.196. The number of halogens is 1. The zero-order valence-corrected chi connectivity index (χ0v) is 10.5. The molecule has 13 heavy (non-hydrogen) atoms. The van der Waals surface area contributed by atoms with Gasteiger partial charge in [-0.3, -0.25) is 4.79 Å². The Bertz CT molecular complexity index is 133. The van der Waals surface area contributed by atoms with Gasteiger partial charge in [-0.1, -0.05) is 15.9 Å². The van der Waals surface area contributed by atoms with Crippen molar-refractivity contribution in [2.75, 3.05) is 23.9 Å². The summed E-state index contributed by atoms with van der Waals surface area (Å²) in [7, 11) is 0. The first-order valence-electron chi connectivity index (χ1n) is 4.63. The predicted octanol–water partition coefficient (Wildman–Crippen LogP) is 2.42. The van der Waals surface area contributed by atoms with Gasteiger partial charge < -0.3 is 5.32 Å². The molecule has 0 saturated carbocycles. The normalized spacial score (nSPS) is 10.0. The van der Waals surface area contributed by atoms with Crippen LogP contribution in [0.25, 0.3) is 0 Å². The molecular formula is C9H18BrNOS. The van der Waals surface area contributed by atoms with Crippen molar-refractivity contribution in [1.82, 2.24) is 5.32 Å². The van der Waals surface area contributed by atoms with Crippen LogP contribution in [0.3, 0.4) is 0 Å². The van der Waals surface area contributed by atoms with Crippen LogP contribution in [0.4, 0.5) is 0 Å². The molecule has 0 aliphatic heterocycles. The molecule has 4 heteroatoms. The molecule has 0 atom stereocenters. The summed E-state index contributed by atoms with van der Waals surface area (Å²) in [6, 6.07) is 0. The Kier molecular flexibility index (Phi) is 10.6. The largest absolute Gasteiger partial charge is 0.356 e. The molecule has 0 bridgehead atoms. The summed E-state index contributed by atoms with van der Waals surface area (Å²) >= 11 is 5.16. The van der Waals surface area contributed by atoms with E-state index in [1.807, 2.05) is 11.8 Å². The Morgan fingerprint density at radius 2 is 2.15 bits per heavy atom. The molecule has 0 aliphatic carbocycles. The van der Waals surface area contributed by atoms with E-state index in [0.717, 1.165) is 36.9 Å². The number of hydrogen-bond donors (Lipinski definition) is 1. The Labute approximate surface area is 93.4 Å². The molecule has 0 heterocycles. The third-order valence-electron chi connectivity index (χ3n) is 1.63. The van der Waals surface area contributed by atoms with Crippen LogP contribution >= 0.6 is 27.7 Å². The van der Waals surface area contributed by atoms with Crippen LogP contribution in [0.15, 0.2) is 0 Å². The molecule has 2 nitrogen and oxygen atoms in total. The lowest BCUT2D eigenvalue weighted by Gasteiger charge is -2.03. The van der Waals surface area contributed by atoms with E-state index in [4.69, 9.17) is 0 Å². The zero-order chi connectivity index (χ0) is 9.94. The van der Waals surface area contributed by atoms with Crippen LogP contribution in [-0.4, -0.2) is 29.8 Å². The molecule has 0 aromatic rings.